The van der Waals surface area contributed by atoms with Crippen LogP contribution < -0.4 is 16.0 Å². The lowest BCUT2D eigenvalue weighted by molar-refractivity contribution is 0.0184. The van der Waals surface area contributed by atoms with Crippen molar-refractivity contribution in [2.75, 3.05) is 13.1 Å². The number of nitrogens with one attached hydrogen (secondary N) is 1. The van der Waals surface area contributed by atoms with E-state index in [9.17, 15) is 14.4 Å². The van der Waals surface area contributed by atoms with Gasteiger partial charge < -0.3 is 14.4 Å². The van der Waals surface area contributed by atoms with Crippen LogP contribution >= 0.6 is 34.8 Å². The Kier molecular flexibility index (Phi) is 8.53. The molecular weight excluding hydrogens is 571 g/mol. The van der Waals surface area contributed by atoms with Gasteiger partial charge in [-0.1, -0.05) is 34.8 Å². The summed E-state index contributed by atoms with van der Waals surface area (Å²) in [6, 6.07) is 4.53. The molecule has 0 unspecified atom stereocenters. The molecule has 1 aromatic carbocycles. The van der Waals surface area contributed by atoms with Crippen LogP contribution in [0.3, 0.4) is 0 Å². The molecule has 11 nitrogen and oxygen atoms in total. The first-order valence-corrected chi connectivity index (χ1v) is 13.3. The van der Waals surface area contributed by atoms with Crippen LogP contribution in [0.25, 0.3) is 5.69 Å². The first-order chi connectivity index (χ1) is 18.3. The first-order valence-electron chi connectivity index (χ1n) is 12.2. The van der Waals surface area contributed by atoms with E-state index in [4.69, 9.17) is 44.3 Å². The Labute approximate surface area is 239 Å². The minimum Gasteiger partial charge on any atom is -0.444 e. The van der Waals surface area contributed by atoms with Crippen molar-refractivity contribution in [1.29, 1.82) is 0 Å². The Morgan fingerprint density at radius 2 is 1.72 bits per heavy atom. The number of aromatic amines is 1. The standard InChI is InChI=1S/C25H27Cl3N6O5/c1-13-22(35)29-23(36)34(32-13)16-11-17(26)20(18(27)12-16)38-19-10-15(21(28)31-30-19)9-14-5-7-33(8-6-14)24(37)39-25(2,3)4/h10-12,14H,5-9H2,1-4H3,(H,29,35,36). The molecule has 1 saturated heterocycles. The van der Waals surface area contributed by atoms with Gasteiger partial charge in [-0.2, -0.15) is 9.78 Å². The Morgan fingerprint density at radius 3 is 2.33 bits per heavy atom. The number of aryl methyl sites for hydroxylation is 1. The highest BCUT2D eigenvalue weighted by molar-refractivity contribution is 6.37. The molecule has 4 rings (SSSR count). The quantitative estimate of drug-likeness (QED) is 0.436. The van der Waals surface area contributed by atoms with Crippen molar-refractivity contribution >= 4 is 40.9 Å². The summed E-state index contributed by atoms with van der Waals surface area (Å²) in [4.78, 5) is 40.1. The maximum absolute atomic E-state index is 12.3. The van der Waals surface area contributed by atoms with Gasteiger partial charge in [0.15, 0.2) is 10.9 Å². The van der Waals surface area contributed by atoms with E-state index >= 15 is 0 Å². The minimum atomic E-state index is -0.739. The highest BCUT2D eigenvalue weighted by Gasteiger charge is 2.27. The number of H-pyrrole nitrogens is 1. The van der Waals surface area contributed by atoms with Crippen LogP contribution in [0.4, 0.5) is 4.79 Å². The van der Waals surface area contributed by atoms with Crippen LogP contribution in [0, 0.1) is 12.8 Å². The largest absolute Gasteiger partial charge is 0.444 e. The number of nitrogens with zero attached hydrogens (tertiary/aromatic N) is 5. The first kappa shape index (κ1) is 28.8. The normalized spacial score (nSPS) is 14.4. The predicted molar refractivity (Wildman–Crippen MR) is 147 cm³/mol. The van der Waals surface area contributed by atoms with Crippen molar-refractivity contribution < 1.29 is 14.3 Å². The molecule has 0 spiro atoms. The molecule has 0 bridgehead atoms. The monoisotopic (exact) mass is 596 g/mol. The maximum Gasteiger partial charge on any atom is 0.410 e. The molecule has 1 fully saturated rings. The average molecular weight is 598 g/mol. The molecule has 1 amide bonds. The number of halogens is 3. The molecule has 1 aliphatic heterocycles. The average Bonchev–Trinajstić information content (AvgIpc) is 2.85. The lowest BCUT2D eigenvalue weighted by Crippen LogP contribution is -2.42. The van der Waals surface area contributed by atoms with Gasteiger partial charge in [0.25, 0.3) is 5.56 Å². The molecular formula is C25H27Cl3N6O5. The van der Waals surface area contributed by atoms with Gasteiger partial charge in [-0.05, 0) is 70.6 Å². The summed E-state index contributed by atoms with van der Waals surface area (Å²) in [6.45, 7) is 8.17. The molecule has 39 heavy (non-hydrogen) atoms. The van der Waals surface area contributed by atoms with E-state index < -0.39 is 16.9 Å². The van der Waals surface area contributed by atoms with Gasteiger partial charge >= 0.3 is 11.8 Å². The van der Waals surface area contributed by atoms with Crippen molar-refractivity contribution in [3.63, 3.8) is 0 Å². The van der Waals surface area contributed by atoms with Gasteiger partial charge in [-0.25, -0.2) is 9.59 Å². The van der Waals surface area contributed by atoms with Crippen LogP contribution in [0.2, 0.25) is 15.2 Å². The number of carbonyl (C=O) groups excluding carboxylic acids is 1. The molecule has 208 valence electrons. The van der Waals surface area contributed by atoms with Gasteiger partial charge in [0.05, 0.1) is 15.7 Å². The van der Waals surface area contributed by atoms with E-state index in [-0.39, 0.29) is 50.2 Å². The van der Waals surface area contributed by atoms with E-state index in [1.807, 2.05) is 20.8 Å². The summed E-state index contributed by atoms with van der Waals surface area (Å²) in [6.07, 6.45) is 1.87. The van der Waals surface area contributed by atoms with Crippen LogP contribution in [0.15, 0.2) is 27.8 Å². The number of ether oxygens (including phenoxy) is 2. The highest BCUT2D eigenvalue weighted by Crippen LogP contribution is 2.38. The van der Waals surface area contributed by atoms with Gasteiger partial charge in [-0.3, -0.25) is 9.78 Å². The fourth-order valence-electron chi connectivity index (χ4n) is 4.07. The number of amides is 1. The zero-order valence-electron chi connectivity index (χ0n) is 21.8. The third kappa shape index (κ3) is 7.09. The molecule has 1 N–H and O–H groups in total. The van der Waals surface area contributed by atoms with E-state index in [0.717, 1.165) is 23.1 Å². The summed E-state index contributed by atoms with van der Waals surface area (Å²) in [5.74, 6) is 0.508. The highest BCUT2D eigenvalue weighted by atomic mass is 35.5. The zero-order valence-corrected chi connectivity index (χ0v) is 24.0. The fourth-order valence-corrected chi connectivity index (χ4v) is 4.79. The van der Waals surface area contributed by atoms with Crippen molar-refractivity contribution in [2.45, 2.75) is 52.6 Å². The van der Waals surface area contributed by atoms with Crippen LogP contribution in [0.1, 0.15) is 44.9 Å². The van der Waals surface area contributed by atoms with Crippen LogP contribution in [0.5, 0.6) is 11.6 Å². The Bertz CT molecular complexity index is 1490. The lowest BCUT2D eigenvalue weighted by Gasteiger charge is -2.33. The van der Waals surface area contributed by atoms with Crippen molar-refractivity contribution in [1.82, 2.24) is 29.9 Å². The number of rotatable bonds is 5. The van der Waals surface area contributed by atoms with E-state index in [2.05, 4.69) is 20.3 Å². The van der Waals surface area contributed by atoms with E-state index in [1.54, 1.807) is 11.0 Å². The number of hydrogen-bond donors (Lipinski definition) is 1. The summed E-state index contributed by atoms with van der Waals surface area (Å²) in [7, 11) is 0. The molecule has 0 aliphatic carbocycles. The number of carbonyl (C=O) groups is 1. The van der Waals surface area contributed by atoms with Gasteiger partial charge in [0, 0.05) is 19.2 Å². The SMILES string of the molecule is Cc1nn(-c2cc(Cl)c(Oc3cc(CC4CCN(C(=O)OC(C)(C)C)CC4)c(Cl)nn3)c(Cl)c2)c(=O)[nH]c1=O. The molecule has 1 aliphatic rings. The van der Waals surface area contributed by atoms with Gasteiger partial charge in [0.2, 0.25) is 5.88 Å². The Balaban J connectivity index is 1.47. The molecule has 3 aromatic rings. The Morgan fingerprint density at radius 1 is 1.08 bits per heavy atom. The third-order valence-corrected chi connectivity index (χ3v) is 6.88. The van der Waals surface area contributed by atoms with Crippen LogP contribution in [-0.4, -0.2) is 54.6 Å². The second-order valence-corrected chi connectivity index (χ2v) is 11.4. The molecule has 14 heteroatoms. The number of piperidine rings is 1. The second kappa shape index (κ2) is 11.5. The molecule has 3 heterocycles. The van der Waals surface area contributed by atoms with Crippen molar-refractivity contribution in [3.8, 4) is 17.3 Å². The predicted octanol–water partition coefficient (Wildman–Crippen LogP) is 4.96. The smallest absolute Gasteiger partial charge is 0.410 e. The number of hydrogen-bond acceptors (Lipinski definition) is 8. The molecule has 2 aromatic heterocycles. The number of aromatic nitrogens is 5. The lowest BCUT2D eigenvalue weighted by atomic mass is 9.91. The number of benzene rings is 1. The van der Waals surface area contributed by atoms with Gasteiger partial charge in [-0.15, -0.1) is 10.2 Å². The summed E-state index contributed by atoms with van der Waals surface area (Å²) in [5.41, 5.74) is -0.789. The topological polar surface area (TPSA) is 132 Å². The van der Waals surface area contributed by atoms with E-state index in [0.29, 0.717) is 19.5 Å². The summed E-state index contributed by atoms with van der Waals surface area (Å²) in [5, 5.41) is 12.4. The van der Waals surface area contributed by atoms with Crippen molar-refractivity contribution in [2.24, 2.45) is 5.92 Å². The fraction of sp³-hybridized carbons (Fsp3) is 0.440. The summed E-state index contributed by atoms with van der Waals surface area (Å²) >= 11 is 19.2. The molecule has 0 atom stereocenters. The third-order valence-electron chi connectivity index (χ3n) is 6.00. The molecule has 0 radical (unpaired) electrons. The zero-order chi connectivity index (χ0) is 28.5. The summed E-state index contributed by atoms with van der Waals surface area (Å²) < 4.78 is 12.3. The maximum atomic E-state index is 12.3. The second-order valence-electron chi connectivity index (χ2n) is 10.2. The Hall–Kier alpha value is -3.15. The van der Waals surface area contributed by atoms with Gasteiger partial charge in [0.1, 0.15) is 11.3 Å². The number of likely N-dealkylation sites (tertiary alicyclic amines) is 1. The van der Waals surface area contributed by atoms with E-state index in [1.165, 1.54) is 19.1 Å². The van der Waals surface area contributed by atoms with Crippen molar-refractivity contribution in [3.05, 3.63) is 65.5 Å². The minimum absolute atomic E-state index is 0.0860. The van der Waals surface area contributed by atoms with Crippen LogP contribution in [-0.2, 0) is 11.2 Å². The molecule has 0 saturated carbocycles.